The second kappa shape index (κ2) is 10.0. The molecule has 0 spiro atoms. The first-order valence-electron chi connectivity index (χ1n) is 10.7. The van der Waals surface area contributed by atoms with Gasteiger partial charge in [-0.25, -0.2) is 19.9 Å². The molecule has 4 aromatic rings. The molecule has 0 fully saturated rings. The molecule has 0 aliphatic rings. The van der Waals surface area contributed by atoms with Gasteiger partial charge in [0.05, 0.1) is 29.6 Å². The molecule has 0 aliphatic carbocycles. The highest BCUT2D eigenvalue weighted by Gasteiger charge is 2.36. The van der Waals surface area contributed by atoms with Gasteiger partial charge in [-0.1, -0.05) is 0 Å². The quantitative estimate of drug-likeness (QED) is 0.354. The van der Waals surface area contributed by atoms with Crippen LogP contribution in [-0.4, -0.2) is 56.7 Å². The fraction of sp³-hybridized carbons (Fsp3) is 0.227. The minimum atomic E-state index is -4.84. The van der Waals surface area contributed by atoms with Crippen molar-refractivity contribution in [3.8, 4) is 11.4 Å². The van der Waals surface area contributed by atoms with Crippen molar-refractivity contribution >= 4 is 34.4 Å². The van der Waals surface area contributed by atoms with Crippen LogP contribution in [-0.2, 0) is 17.1 Å². The van der Waals surface area contributed by atoms with E-state index in [9.17, 15) is 31.1 Å². The van der Waals surface area contributed by atoms with Gasteiger partial charge < -0.3 is 15.5 Å². The number of nitrogens with one attached hydrogen (secondary N) is 2. The van der Waals surface area contributed by atoms with Crippen LogP contribution in [0.4, 0.5) is 43.7 Å². The maximum Gasteiger partial charge on any atom is 0.418 e. The van der Waals surface area contributed by atoms with Crippen molar-refractivity contribution in [2.45, 2.75) is 12.4 Å². The summed E-state index contributed by atoms with van der Waals surface area (Å²) in [6, 6.07) is 4.16. The van der Waals surface area contributed by atoms with E-state index in [0.29, 0.717) is 6.20 Å². The Bertz CT molecular complexity index is 1480. The third kappa shape index (κ3) is 5.68. The van der Waals surface area contributed by atoms with Gasteiger partial charge in [-0.05, 0) is 24.3 Å². The number of halogens is 6. The van der Waals surface area contributed by atoms with Crippen LogP contribution in [0.5, 0.6) is 0 Å². The van der Waals surface area contributed by atoms with Crippen molar-refractivity contribution in [3.63, 3.8) is 0 Å². The zero-order chi connectivity index (χ0) is 27.7. The Balaban J connectivity index is 1.69. The van der Waals surface area contributed by atoms with Gasteiger partial charge in [0.15, 0.2) is 11.5 Å². The molecule has 4 rings (SSSR count). The Morgan fingerprint density at radius 3 is 2.37 bits per heavy atom. The molecule has 0 aliphatic heterocycles. The maximum atomic E-state index is 13.9. The molecule has 4 aromatic heterocycles. The second-order valence-corrected chi connectivity index (χ2v) is 7.83. The molecule has 198 valence electrons. The van der Waals surface area contributed by atoms with Crippen LogP contribution in [0.1, 0.15) is 11.1 Å². The van der Waals surface area contributed by atoms with Crippen LogP contribution in [0.15, 0.2) is 42.9 Å². The number of aromatic nitrogens is 6. The molecular weight excluding hydrogens is 520 g/mol. The zero-order valence-corrected chi connectivity index (χ0v) is 19.6. The van der Waals surface area contributed by atoms with Gasteiger partial charge >= 0.3 is 12.4 Å². The van der Waals surface area contributed by atoms with E-state index >= 15 is 0 Å². The third-order valence-electron chi connectivity index (χ3n) is 5.18. The SMILES string of the molecule is CNC(=O)CN(C)c1cc(C(F)(F)F)c(-c2cnc3c(Nc4ccc(C(F)(F)F)cn4)ccnc3n2)nn1. The smallest absolute Gasteiger partial charge is 0.358 e. The summed E-state index contributed by atoms with van der Waals surface area (Å²) in [6.07, 6.45) is -6.40. The number of alkyl halides is 6. The molecule has 0 aromatic carbocycles. The van der Waals surface area contributed by atoms with Crippen molar-refractivity contribution in [2.24, 2.45) is 0 Å². The van der Waals surface area contributed by atoms with E-state index in [2.05, 4.69) is 40.8 Å². The van der Waals surface area contributed by atoms with Crippen molar-refractivity contribution in [1.82, 2.24) is 35.5 Å². The highest BCUT2D eigenvalue weighted by atomic mass is 19.4. The molecule has 0 unspecified atom stereocenters. The highest BCUT2D eigenvalue weighted by molar-refractivity contribution is 5.87. The van der Waals surface area contributed by atoms with Gasteiger partial charge in [0, 0.05) is 26.5 Å². The van der Waals surface area contributed by atoms with Crippen LogP contribution in [0.3, 0.4) is 0 Å². The van der Waals surface area contributed by atoms with E-state index < -0.39 is 35.1 Å². The van der Waals surface area contributed by atoms with Crippen LogP contribution in [0.25, 0.3) is 22.6 Å². The predicted molar refractivity (Wildman–Crippen MR) is 123 cm³/mol. The number of carbonyl (C=O) groups is 1. The number of hydrogen-bond acceptors (Lipinski definition) is 9. The Kier molecular flexibility index (Phi) is 6.97. The number of likely N-dealkylation sites (N-methyl/N-ethyl adjacent to an activating group) is 2. The molecular formula is C22H17F6N9O. The van der Waals surface area contributed by atoms with Crippen LogP contribution in [0, 0.1) is 0 Å². The summed E-state index contributed by atoms with van der Waals surface area (Å²) >= 11 is 0. The average molecular weight is 537 g/mol. The highest BCUT2D eigenvalue weighted by Crippen LogP contribution is 2.37. The number of hydrogen-bond donors (Lipinski definition) is 2. The summed E-state index contributed by atoms with van der Waals surface area (Å²) in [7, 11) is 2.78. The minimum absolute atomic E-state index is 0.0600. The summed E-state index contributed by atoms with van der Waals surface area (Å²) in [5, 5.41) is 12.7. The lowest BCUT2D eigenvalue weighted by Gasteiger charge is -2.19. The van der Waals surface area contributed by atoms with Crippen LogP contribution in [0.2, 0.25) is 0 Å². The first-order valence-corrected chi connectivity index (χ1v) is 10.7. The van der Waals surface area contributed by atoms with Gasteiger partial charge in [0.1, 0.15) is 22.7 Å². The normalized spacial score (nSPS) is 11.9. The van der Waals surface area contributed by atoms with E-state index in [1.54, 1.807) is 0 Å². The summed E-state index contributed by atoms with van der Waals surface area (Å²) in [5.74, 6) is -0.556. The minimum Gasteiger partial charge on any atom is -0.358 e. The number of fused-ring (bicyclic) bond motifs is 1. The summed E-state index contributed by atoms with van der Waals surface area (Å²) < 4.78 is 80.1. The van der Waals surface area contributed by atoms with Gasteiger partial charge in [-0.15, -0.1) is 10.2 Å². The molecule has 10 nitrogen and oxygen atoms in total. The van der Waals surface area contributed by atoms with E-state index in [0.717, 1.165) is 24.4 Å². The molecule has 16 heteroatoms. The Labute approximate surface area is 210 Å². The predicted octanol–water partition coefficient (Wildman–Crippen LogP) is 3.84. The largest absolute Gasteiger partial charge is 0.418 e. The van der Waals surface area contributed by atoms with E-state index in [1.807, 2.05) is 0 Å². The van der Waals surface area contributed by atoms with Crippen molar-refractivity contribution in [3.05, 3.63) is 54.0 Å². The van der Waals surface area contributed by atoms with Gasteiger partial charge in [0.2, 0.25) is 5.91 Å². The van der Waals surface area contributed by atoms with E-state index in [1.165, 1.54) is 31.3 Å². The van der Waals surface area contributed by atoms with Crippen LogP contribution < -0.4 is 15.5 Å². The first-order chi connectivity index (χ1) is 17.9. The number of rotatable bonds is 6. The monoisotopic (exact) mass is 537 g/mol. The number of amides is 1. The zero-order valence-electron chi connectivity index (χ0n) is 19.6. The van der Waals surface area contributed by atoms with Crippen LogP contribution >= 0.6 is 0 Å². The van der Waals surface area contributed by atoms with Crippen molar-refractivity contribution in [2.75, 3.05) is 30.9 Å². The molecule has 1 amide bonds. The average Bonchev–Trinajstić information content (AvgIpc) is 2.87. The Hall–Kier alpha value is -4.63. The fourth-order valence-corrected chi connectivity index (χ4v) is 3.26. The molecule has 0 atom stereocenters. The molecule has 0 saturated heterocycles. The van der Waals surface area contributed by atoms with Gasteiger partial charge in [-0.3, -0.25) is 4.79 Å². The lowest BCUT2D eigenvalue weighted by Crippen LogP contribution is -2.33. The third-order valence-corrected chi connectivity index (χ3v) is 5.18. The topological polar surface area (TPSA) is 122 Å². The molecule has 2 N–H and O–H groups in total. The Morgan fingerprint density at radius 2 is 1.74 bits per heavy atom. The number of pyridine rings is 2. The molecule has 38 heavy (non-hydrogen) atoms. The molecule has 0 bridgehead atoms. The second-order valence-electron chi connectivity index (χ2n) is 7.83. The molecule has 0 radical (unpaired) electrons. The van der Waals surface area contributed by atoms with Gasteiger partial charge in [0.25, 0.3) is 0 Å². The number of carbonyl (C=O) groups excluding carboxylic acids is 1. The summed E-state index contributed by atoms with van der Waals surface area (Å²) in [4.78, 5) is 28.8. The van der Waals surface area contributed by atoms with E-state index in [-0.39, 0.29) is 40.7 Å². The number of anilines is 3. The fourth-order valence-electron chi connectivity index (χ4n) is 3.26. The van der Waals surface area contributed by atoms with Gasteiger partial charge in [-0.2, -0.15) is 26.3 Å². The lowest BCUT2D eigenvalue weighted by molar-refractivity contribution is -0.138. The standard InChI is InChI=1S/C22H17F6N9O/c1-29-17(38)10-37(2)16-7-12(22(26,27)28)18(36-35-16)14-9-32-19-13(5-6-30-20(19)34-14)33-15-4-3-11(8-31-15)21(23,24)25/h3-9H,10H2,1-2H3,(H,29,38)(H,30,31,33,34). The number of nitrogens with zero attached hydrogens (tertiary/aromatic N) is 7. The maximum absolute atomic E-state index is 13.9. The first kappa shape index (κ1) is 26.4. The lowest BCUT2D eigenvalue weighted by atomic mass is 10.1. The summed E-state index contributed by atoms with van der Waals surface area (Å²) in [5.41, 5.74) is -2.63. The Morgan fingerprint density at radius 1 is 0.974 bits per heavy atom. The van der Waals surface area contributed by atoms with E-state index in [4.69, 9.17) is 0 Å². The molecule has 4 heterocycles. The van der Waals surface area contributed by atoms with Crippen molar-refractivity contribution < 1.29 is 31.1 Å². The molecule has 0 saturated carbocycles. The summed E-state index contributed by atoms with van der Waals surface area (Å²) in [6.45, 7) is -0.245. The van der Waals surface area contributed by atoms with Crippen molar-refractivity contribution in [1.29, 1.82) is 0 Å².